The molecular formula is C27H22N2O5. The van der Waals surface area contributed by atoms with Crippen molar-refractivity contribution in [3.05, 3.63) is 96.4 Å². The topological polar surface area (TPSA) is 94.2 Å². The Kier molecular flexibility index (Phi) is 5.82. The van der Waals surface area contributed by atoms with Gasteiger partial charge in [0.25, 0.3) is 0 Å². The maximum Gasteiger partial charge on any atom is 0.344 e. The van der Waals surface area contributed by atoms with Gasteiger partial charge in [-0.1, -0.05) is 72.8 Å². The first-order valence-corrected chi connectivity index (χ1v) is 10.9. The van der Waals surface area contributed by atoms with Gasteiger partial charge in [-0.15, -0.1) is 0 Å². The normalized spacial score (nSPS) is 17.8. The van der Waals surface area contributed by atoms with Crippen molar-refractivity contribution in [2.24, 2.45) is 4.99 Å². The number of nitrogens with zero attached hydrogens (tertiary/aromatic N) is 2. The maximum absolute atomic E-state index is 11.2. The quantitative estimate of drug-likeness (QED) is 0.385. The number of ether oxygens (including phenoxy) is 2. The van der Waals surface area contributed by atoms with Gasteiger partial charge in [-0.3, -0.25) is 0 Å². The highest BCUT2D eigenvalue weighted by atomic mass is 16.5. The molecule has 0 bridgehead atoms. The van der Waals surface area contributed by atoms with Gasteiger partial charge in [-0.25, -0.2) is 14.8 Å². The lowest BCUT2D eigenvalue weighted by molar-refractivity contribution is -0.144. The number of oxazole rings is 1. The zero-order valence-corrected chi connectivity index (χ0v) is 18.4. The predicted molar refractivity (Wildman–Crippen MR) is 127 cm³/mol. The number of carbonyl (C=O) groups is 1. The minimum atomic E-state index is -1.04. The number of hydrogen-bond acceptors (Lipinski definition) is 6. The molecule has 3 aromatic carbocycles. The average molecular weight is 454 g/mol. The van der Waals surface area contributed by atoms with E-state index in [1.165, 1.54) is 13.3 Å². The second-order valence-electron chi connectivity index (χ2n) is 7.89. The summed E-state index contributed by atoms with van der Waals surface area (Å²) in [6.07, 6.45) is -0.0629. The summed E-state index contributed by atoms with van der Waals surface area (Å²) in [5.74, 6) is 0.492. The van der Waals surface area contributed by atoms with Crippen LogP contribution in [-0.2, 0) is 9.53 Å². The zero-order chi connectivity index (χ0) is 23.5. The molecule has 1 aliphatic rings. The summed E-state index contributed by atoms with van der Waals surface area (Å²) < 4.78 is 17.6. The lowest BCUT2D eigenvalue weighted by Crippen LogP contribution is -2.23. The van der Waals surface area contributed by atoms with Crippen LogP contribution in [-0.4, -0.2) is 28.6 Å². The molecule has 1 aliphatic heterocycles. The third-order valence-corrected chi connectivity index (χ3v) is 5.54. The average Bonchev–Trinajstić information content (AvgIpc) is 3.53. The lowest BCUT2D eigenvalue weighted by Gasteiger charge is -2.17. The molecule has 34 heavy (non-hydrogen) atoms. The summed E-state index contributed by atoms with van der Waals surface area (Å²) in [5.41, 5.74) is 3.36. The minimum absolute atomic E-state index is 0.432. The molecule has 5 rings (SSSR count). The van der Waals surface area contributed by atoms with Crippen molar-refractivity contribution in [2.45, 2.75) is 25.2 Å². The Labute approximate surface area is 196 Å². The molecule has 0 aliphatic carbocycles. The number of rotatable bonds is 7. The molecule has 7 nitrogen and oxygen atoms in total. The first-order valence-electron chi connectivity index (χ1n) is 10.9. The van der Waals surface area contributed by atoms with Gasteiger partial charge in [0.2, 0.25) is 5.89 Å². The molecular weight excluding hydrogens is 432 g/mol. The summed E-state index contributed by atoms with van der Waals surface area (Å²) in [5, 5.41) is 9.14. The van der Waals surface area contributed by atoms with Gasteiger partial charge in [0, 0.05) is 11.1 Å². The van der Waals surface area contributed by atoms with Crippen molar-refractivity contribution >= 4 is 12.4 Å². The Morgan fingerprint density at radius 1 is 0.971 bits per heavy atom. The van der Waals surface area contributed by atoms with E-state index in [-0.39, 0.29) is 0 Å². The Morgan fingerprint density at radius 3 is 2.38 bits per heavy atom. The van der Waals surface area contributed by atoms with E-state index >= 15 is 0 Å². The van der Waals surface area contributed by atoms with Crippen molar-refractivity contribution in [2.75, 3.05) is 0 Å². The van der Waals surface area contributed by atoms with Crippen molar-refractivity contribution in [1.82, 2.24) is 4.98 Å². The SMILES string of the molecule is CC(Oc1cccc(C2OC=NC2c2nc(-c3ccccc3)c(-c3ccccc3)o2)c1)C(=O)O. The van der Waals surface area contributed by atoms with Crippen LogP contribution in [0.3, 0.4) is 0 Å². The Hall–Kier alpha value is -4.39. The number of benzene rings is 3. The summed E-state index contributed by atoms with van der Waals surface area (Å²) in [6, 6.07) is 26.3. The zero-order valence-electron chi connectivity index (χ0n) is 18.4. The van der Waals surface area contributed by atoms with Crippen LogP contribution in [0.1, 0.15) is 30.5 Å². The largest absolute Gasteiger partial charge is 0.479 e. The summed E-state index contributed by atoms with van der Waals surface area (Å²) in [6.45, 7) is 1.48. The van der Waals surface area contributed by atoms with Crippen molar-refractivity contribution in [3.8, 4) is 28.3 Å². The highest BCUT2D eigenvalue weighted by Crippen LogP contribution is 2.42. The molecule has 7 heteroatoms. The van der Waals surface area contributed by atoms with Crippen molar-refractivity contribution in [3.63, 3.8) is 0 Å². The fraction of sp³-hybridized carbons (Fsp3) is 0.148. The standard InChI is InChI=1S/C27H22N2O5/c1-17(27(30)31)33-21-14-8-13-20(15-21)24-23(28-16-32-24)26-29-22(18-9-4-2-5-10-18)25(34-26)19-11-6-3-7-12-19/h2-17,23-24H,1H3,(H,30,31). The van der Waals surface area contributed by atoms with Crippen molar-refractivity contribution < 1.29 is 23.8 Å². The Bertz CT molecular complexity index is 1260. The molecule has 0 saturated carbocycles. The van der Waals surface area contributed by atoms with Crippen LogP contribution < -0.4 is 4.74 Å². The van der Waals surface area contributed by atoms with E-state index in [1.54, 1.807) is 18.2 Å². The van der Waals surface area contributed by atoms with E-state index in [9.17, 15) is 4.79 Å². The number of aromatic nitrogens is 1. The minimum Gasteiger partial charge on any atom is -0.479 e. The molecule has 0 radical (unpaired) electrons. The summed E-state index contributed by atoms with van der Waals surface area (Å²) in [4.78, 5) is 20.5. The first kappa shape index (κ1) is 21.5. The number of aliphatic imine (C=N–C) groups is 1. The molecule has 170 valence electrons. The highest BCUT2D eigenvalue weighted by Gasteiger charge is 2.35. The van der Waals surface area contributed by atoms with Gasteiger partial charge in [0.15, 0.2) is 30.4 Å². The number of hydrogen-bond donors (Lipinski definition) is 1. The van der Waals surface area contributed by atoms with Gasteiger partial charge in [-0.05, 0) is 24.6 Å². The fourth-order valence-electron chi connectivity index (χ4n) is 3.83. The monoisotopic (exact) mass is 454 g/mol. The van der Waals surface area contributed by atoms with Crippen LogP contribution in [0.5, 0.6) is 5.75 Å². The third kappa shape index (κ3) is 4.28. The number of aliphatic carboxylic acids is 1. The molecule has 3 atom stereocenters. The number of carboxylic acids is 1. The van der Waals surface area contributed by atoms with Gasteiger partial charge in [0.05, 0.1) is 0 Å². The highest BCUT2D eigenvalue weighted by molar-refractivity contribution is 5.77. The van der Waals surface area contributed by atoms with E-state index in [4.69, 9.17) is 24.0 Å². The third-order valence-electron chi connectivity index (χ3n) is 5.54. The van der Waals surface area contributed by atoms with Crippen LogP contribution in [0.2, 0.25) is 0 Å². The smallest absolute Gasteiger partial charge is 0.344 e. The molecule has 2 heterocycles. The summed E-state index contributed by atoms with van der Waals surface area (Å²) in [7, 11) is 0. The van der Waals surface area contributed by atoms with E-state index in [1.807, 2.05) is 66.7 Å². The van der Waals surface area contributed by atoms with Crippen molar-refractivity contribution in [1.29, 1.82) is 0 Å². The Balaban J connectivity index is 1.51. The Morgan fingerprint density at radius 2 is 1.68 bits per heavy atom. The lowest BCUT2D eigenvalue weighted by atomic mass is 10.0. The van der Waals surface area contributed by atoms with Crippen LogP contribution in [0.15, 0.2) is 94.3 Å². The molecule has 0 fully saturated rings. The van der Waals surface area contributed by atoms with Crippen LogP contribution in [0, 0.1) is 0 Å². The molecule has 4 aromatic rings. The molecule has 1 N–H and O–H groups in total. The molecule has 3 unspecified atom stereocenters. The van der Waals surface area contributed by atoms with Gasteiger partial charge >= 0.3 is 5.97 Å². The summed E-state index contributed by atoms with van der Waals surface area (Å²) >= 11 is 0. The van der Waals surface area contributed by atoms with E-state index in [0.29, 0.717) is 17.4 Å². The second kappa shape index (κ2) is 9.23. The van der Waals surface area contributed by atoms with E-state index < -0.39 is 24.2 Å². The van der Waals surface area contributed by atoms with Crippen LogP contribution >= 0.6 is 0 Å². The van der Waals surface area contributed by atoms with E-state index in [0.717, 1.165) is 22.4 Å². The van der Waals surface area contributed by atoms with Gasteiger partial charge in [0.1, 0.15) is 11.4 Å². The van der Waals surface area contributed by atoms with Crippen LogP contribution in [0.4, 0.5) is 0 Å². The van der Waals surface area contributed by atoms with Gasteiger partial charge in [-0.2, -0.15) is 0 Å². The maximum atomic E-state index is 11.2. The molecule has 0 spiro atoms. The molecule has 0 saturated heterocycles. The first-order chi connectivity index (χ1) is 16.6. The fourth-order valence-corrected chi connectivity index (χ4v) is 3.83. The molecule has 1 aromatic heterocycles. The predicted octanol–water partition coefficient (Wildman–Crippen LogP) is 5.70. The second-order valence-corrected chi connectivity index (χ2v) is 7.89. The van der Waals surface area contributed by atoms with Crippen LogP contribution in [0.25, 0.3) is 22.6 Å². The molecule has 0 amide bonds. The van der Waals surface area contributed by atoms with E-state index in [2.05, 4.69) is 4.99 Å². The van der Waals surface area contributed by atoms with Gasteiger partial charge < -0.3 is 19.0 Å². The number of carboxylic acid groups (broad SMARTS) is 1.